The highest BCUT2D eigenvalue weighted by molar-refractivity contribution is 7.98. The molecule has 0 aromatic heterocycles. The standard InChI is InChI=1S/C31H47NOS/c1-4-22-9-7-12-25(21-22)34-32-29(33)13-8-11-24-15-17-27-26-16-14-23-10-5-6-19-30(23,2)28(26)18-20-31(24,27)3/h7,9,12,21,23-24,26-28H,4-6,8,10-11,13-20H2,1-3H3,(H,32,33). The minimum Gasteiger partial charge on any atom is -0.296 e. The van der Waals surface area contributed by atoms with E-state index in [-0.39, 0.29) is 5.91 Å². The predicted molar refractivity (Wildman–Crippen MR) is 144 cm³/mol. The van der Waals surface area contributed by atoms with Crippen molar-refractivity contribution in [2.24, 2.45) is 40.4 Å². The minimum absolute atomic E-state index is 0.193. The van der Waals surface area contributed by atoms with Crippen LogP contribution in [0.4, 0.5) is 0 Å². The van der Waals surface area contributed by atoms with Gasteiger partial charge in [-0.25, -0.2) is 0 Å². The lowest BCUT2D eigenvalue weighted by Crippen LogP contribution is -2.52. The fourth-order valence-electron chi connectivity index (χ4n) is 9.38. The molecule has 7 atom stereocenters. The summed E-state index contributed by atoms with van der Waals surface area (Å²) in [7, 11) is 0. The molecule has 4 saturated carbocycles. The van der Waals surface area contributed by atoms with Crippen molar-refractivity contribution in [3.63, 3.8) is 0 Å². The minimum atomic E-state index is 0.193. The molecule has 5 rings (SSSR count). The van der Waals surface area contributed by atoms with Gasteiger partial charge in [0.2, 0.25) is 5.91 Å². The van der Waals surface area contributed by atoms with Gasteiger partial charge in [-0.1, -0.05) is 45.7 Å². The first kappa shape index (κ1) is 24.7. The summed E-state index contributed by atoms with van der Waals surface area (Å²) in [6.07, 6.45) is 18.8. The first-order valence-corrected chi connectivity index (χ1v) is 15.3. The van der Waals surface area contributed by atoms with Gasteiger partial charge in [0.25, 0.3) is 0 Å². The molecule has 1 aromatic carbocycles. The second kappa shape index (κ2) is 10.2. The third kappa shape index (κ3) is 4.60. The summed E-state index contributed by atoms with van der Waals surface area (Å²) in [5, 5.41) is 0. The van der Waals surface area contributed by atoms with Gasteiger partial charge in [-0.2, -0.15) is 0 Å². The fourth-order valence-corrected chi connectivity index (χ4v) is 10.1. The predicted octanol–water partition coefficient (Wildman–Crippen LogP) is 8.59. The maximum absolute atomic E-state index is 12.5. The lowest BCUT2D eigenvalue weighted by molar-refractivity contribution is -0.119. The van der Waals surface area contributed by atoms with Crippen LogP contribution in [0.1, 0.15) is 110 Å². The molecule has 7 unspecified atom stereocenters. The molecule has 0 bridgehead atoms. The largest absolute Gasteiger partial charge is 0.296 e. The third-order valence-electron chi connectivity index (χ3n) is 11.3. The van der Waals surface area contributed by atoms with Gasteiger partial charge in [0, 0.05) is 11.3 Å². The molecule has 0 saturated heterocycles. The quantitative estimate of drug-likeness (QED) is 0.395. The number of carbonyl (C=O) groups is 1. The number of hydrogen-bond donors (Lipinski definition) is 1. The molecule has 2 nitrogen and oxygen atoms in total. The summed E-state index contributed by atoms with van der Waals surface area (Å²) in [6.45, 7) is 7.51. The number of amides is 1. The van der Waals surface area contributed by atoms with E-state index in [2.05, 4.69) is 49.8 Å². The summed E-state index contributed by atoms with van der Waals surface area (Å²) in [5.74, 6) is 4.98. The monoisotopic (exact) mass is 481 g/mol. The van der Waals surface area contributed by atoms with Gasteiger partial charge in [-0.3, -0.25) is 9.52 Å². The maximum Gasteiger partial charge on any atom is 0.230 e. The fraction of sp³-hybridized carbons (Fsp3) is 0.774. The van der Waals surface area contributed by atoms with Gasteiger partial charge in [-0.05, 0) is 141 Å². The molecule has 0 radical (unpaired) electrons. The van der Waals surface area contributed by atoms with Crippen molar-refractivity contribution < 1.29 is 4.79 Å². The van der Waals surface area contributed by atoms with E-state index in [4.69, 9.17) is 0 Å². The lowest BCUT2D eigenvalue weighted by atomic mass is 9.45. The Labute approximate surface area is 213 Å². The first-order chi connectivity index (χ1) is 16.4. The van der Waals surface area contributed by atoms with E-state index in [1.54, 1.807) is 0 Å². The number of rotatable bonds is 7. The van der Waals surface area contributed by atoms with Crippen molar-refractivity contribution in [3.05, 3.63) is 29.8 Å². The summed E-state index contributed by atoms with van der Waals surface area (Å²) >= 11 is 1.48. The Morgan fingerprint density at radius 3 is 2.71 bits per heavy atom. The molecule has 3 heteroatoms. The Bertz CT molecular complexity index is 869. The number of carbonyl (C=O) groups excluding carboxylic acids is 1. The van der Waals surface area contributed by atoms with Crippen molar-refractivity contribution in [1.82, 2.24) is 4.72 Å². The molecule has 34 heavy (non-hydrogen) atoms. The normalized spacial score (nSPS) is 39.1. The van der Waals surface area contributed by atoms with Crippen LogP contribution in [0.3, 0.4) is 0 Å². The summed E-state index contributed by atoms with van der Waals surface area (Å²) < 4.78 is 3.09. The smallest absolute Gasteiger partial charge is 0.230 e. The first-order valence-electron chi connectivity index (χ1n) is 14.5. The molecule has 0 spiro atoms. The number of hydrogen-bond acceptors (Lipinski definition) is 2. The molecular formula is C31H47NOS. The Hall–Kier alpha value is -0.960. The van der Waals surface area contributed by atoms with Crippen LogP contribution >= 0.6 is 11.9 Å². The van der Waals surface area contributed by atoms with Gasteiger partial charge in [0.15, 0.2) is 0 Å². The maximum atomic E-state index is 12.5. The van der Waals surface area contributed by atoms with Gasteiger partial charge in [0.1, 0.15) is 0 Å². The number of aryl methyl sites for hydroxylation is 1. The van der Waals surface area contributed by atoms with Crippen LogP contribution in [0.25, 0.3) is 0 Å². The van der Waals surface area contributed by atoms with Crippen LogP contribution in [0, 0.1) is 40.4 Å². The van der Waals surface area contributed by atoms with Crippen molar-refractivity contribution in [1.29, 1.82) is 0 Å². The van der Waals surface area contributed by atoms with Crippen LogP contribution < -0.4 is 4.72 Å². The molecule has 1 N–H and O–H groups in total. The number of nitrogens with one attached hydrogen (secondary N) is 1. The van der Waals surface area contributed by atoms with Crippen molar-refractivity contribution in [2.75, 3.05) is 0 Å². The molecule has 1 aromatic rings. The summed E-state index contributed by atoms with van der Waals surface area (Å²) in [4.78, 5) is 13.7. The van der Waals surface area contributed by atoms with E-state index in [1.807, 2.05) is 0 Å². The highest BCUT2D eigenvalue weighted by atomic mass is 32.2. The molecular weight excluding hydrogens is 434 g/mol. The van der Waals surface area contributed by atoms with Gasteiger partial charge in [0.05, 0.1) is 0 Å². The summed E-state index contributed by atoms with van der Waals surface area (Å²) in [6, 6.07) is 8.50. The highest BCUT2D eigenvalue weighted by Gasteiger charge is 2.59. The number of benzene rings is 1. The average molecular weight is 482 g/mol. The van der Waals surface area contributed by atoms with Crippen LogP contribution in [-0.2, 0) is 11.2 Å². The van der Waals surface area contributed by atoms with Crippen LogP contribution in [0.15, 0.2) is 29.2 Å². The highest BCUT2D eigenvalue weighted by Crippen LogP contribution is 2.67. The molecule has 188 valence electrons. The van der Waals surface area contributed by atoms with E-state index in [9.17, 15) is 4.79 Å². The van der Waals surface area contributed by atoms with Crippen molar-refractivity contribution in [2.45, 2.75) is 116 Å². The topological polar surface area (TPSA) is 29.1 Å². The van der Waals surface area contributed by atoms with E-state index >= 15 is 0 Å². The summed E-state index contributed by atoms with van der Waals surface area (Å²) in [5.41, 5.74) is 2.50. The Morgan fingerprint density at radius 2 is 1.85 bits per heavy atom. The van der Waals surface area contributed by atoms with E-state index in [0.29, 0.717) is 17.3 Å². The van der Waals surface area contributed by atoms with Crippen LogP contribution in [0.5, 0.6) is 0 Å². The van der Waals surface area contributed by atoms with Crippen LogP contribution in [0.2, 0.25) is 0 Å². The van der Waals surface area contributed by atoms with Crippen molar-refractivity contribution >= 4 is 17.9 Å². The zero-order valence-corrected chi connectivity index (χ0v) is 22.7. The molecule has 0 heterocycles. The van der Waals surface area contributed by atoms with Gasteiger partial charge >= 0.3 is 0 Å². The Kier molecular flexibility index (Phi) is 7.41. The molecule has 1 amide bonds. The van der Waals surface area contributed by atoms with Gasteiger partial charge < -0.3 is 0 Å². The SMILES string of the molecule is CCc1cccc(SNC(=O)CCCC2CCC3C4CCC5CCCCC5(C)C4CCC23C)c1. The van der Waals surface area contributed by atoms with E-state index < -0.39 is 0 Å². The lowest BCUT2D eigenvalue weighted by Gasteiger charge is -2.60. The number of fused-ring (bicyclic) bond motifs is 5. The average Bonchev–Trinajstić information content (AvgIpc) is 3.19. The third-order valence-corrected chi connectivity index (χ3v) is 12.1. The molecule has 4 aliphatic rings. The molecule has 4 aliphatic carbocycles. The van der Waals surface area contributed by atoms with E-state index in [1.165, 1.54) is 88.1 Å². The Balaban J connectivity index is 1.12. The van der Waals surface area contributed by atoms with E-state index in [0.717, 1.165) is 47.3 Å². The second-order valence-corrected chi connectivity index (χ2v) is 13.6. The molecule has 4 fully saturated rings. The zero-order chi connectivity index (χ0) is 23.8. The van der Waals surface area contributed by atoms with Crippen LogP contribution in [-0.4, -0.2) is 5.91 Å². The zero-order valence-electron chi connectivity index (χ0n) is 21.9. The second-order valence-electron chi connectivity index (χ2n) is 12.7. The van der Waals surface area contributed by atoms with Gasteiger partial charge in [-0.15, -0.1) is 0 Å². The molecule has 0 aliphatic heterocycles. The Morgan fingerprint density at radius 1 is 1.00 bits per heavy atom. The van der Waals surface area contributed by atoms with Crippen molar-refractivity contribution in [3.8, 4) is 0 Å².